The van der Waals surface area contributed by atoms with Gasteiger partial charge >= 0.3 is 12.2 Å². The van der Waals surface area contributed by atoms with E-state index in [1.165, 1.54) is 9.80 Å². The third-order valence-electron chi connectivity index (χ3n) is 19.8. The van der Waals surface area contributed by atoms with E-state index < -0.39 is 125 Å². The van der Waals surface area contributed by atoms with Crippen molar-refractivity contribution in [3.05, 3.63) is 59.9 Å². The minimum Gasteiger partial charge on any atom is -0.540 e. The Hall–Kier alpha value is -5.57. The fourth-order valence-electron chi connectivity index (χ4n) is 14.8. The van der Waals surface area contributed by atoms with E-state index in [2.05, 4.69) is 30.6 Å². The van der Waals surface area contributed by atoms with Crippen molar-refractivity contribution in [3.63, 3.8) is 0 Å². The van der Waals surface area contributed by atoms with Gasteiger partial charge in [0.05, 0.1) is 35.2 Å². The van der Waals surface area contributed by atoms with Crippen LogP contribution in [0.1, 0.15) is 170 Å². The molecule has 7 aliphatic rings. The average molecular weight is 1330 g/mol. The van der Waals surface area contributed by atoms with E-state index in [0.717, 1.165) is 25.7 Å². The van der Waals surface area contributed by atoms with Crippen LogP contribution in [0.3, 0.4) is 0 Å². The molecule has 3 saturated carbocycles. The molecule has 24 heteroatoms. The molecule has 14 atom stereocenters. The number of benzene rings is 2. The summed E-state index contributed by atoms with van der Waals surface area (Å²) >= 11 is 0. The van der Waals surface area contributed by atoms with Crippen molar-refractivity contribution in [2.45, 2.75) is 219 Å². The predicted octanol–water partition coefficient (Wildman–Crippen LogP) is 11.6. The van der Waals surface area contributed by atoms with Gasteiger partial charge in [0, 0.05) is 50.0 Å². The largest absolute Gasteiger partial charge is 0.540 e. The second-order valence-electron chi connectivity index (χ2n) is 27.9. The Balaban J connectivity index is 0.000000227. The number of hydrogen-bond acceptors (Lipinski definition) is 14. The van der Waals surface area contributed by atoms with Gasteiger partial charge in [0.15, 0.2) is 11.4 Å². The summed E-state index contributed by atoms with van der Waals surface area (Å²) in [6.45, 7) is 16.4. The summed E-state index contributed by atoms with van der Waals surface area (Å²) in [5.41, 5.74) is -1.85. The van der Waals surface area contributed by atoms with Crippen LogP contribution in [0.5, 0.6) is 11.8 Å². The number of para-hydroxylation sites is 4. The fraction of sp³-hybridized carbons (Fsp3) is 0.667. The summed E-state index contributed by atoms with van der Waals surface area (Å²) in [5, 5.41) is 5.63. The molecule has 11 rings (SSSR count). The number of carbonyl (C=O) groups excluding carboxylic acids is 6. The first-order valence-corrected chi connectivity index (χ1v) is 31.6. The number of nitrogens with zero attached hydrogens (tertiary/aromatic N) is 6. The van der Waals surface area contributed by atoms with E-state index in [0.29, 0.717) is 78.8 Å². The molecule has 2 aromatic carbocycles. The van der Waals surface area contributed by atoms with Crippen LogP contribution in [-0.2, 0) is 77.6 Å². The molecule has 18 nitrogen and oxygen atoms in total. The van der Waals surface area contributed by atoms with Gasteiger partial charge in [-0.25, -0.2) is 42.1 Å². The quantitative estimate of drug-likeness (QED) is 0.143. The van der Waals surface area contributed by atoms with Crippen molar-refractivity contribution < 1.29 is 102 Å². The van der Waals surface area contributed by atoms with Gasteiger partial charge in [-0.1, -0.05) is 117 Å². The number of nitrogens with one attached hydrogen (secondary N) is 2. The predicted molar refractivity (Wildman–Crippen MR) is 318 cm³/mol. The second-order valence-corrected chi connectivity index (χ2v) is 27.9. The Morgan fingerprint density at radius 2 is 1.00 bits per heavy atom. The first-order chi connectivity index (χ1) is 41.7. The van der Waals surface area contributed by atoms with Crippen LogP contribution in [-0.4, -0.2) is 127 Å². The first-order valence-electron chi connectivity index (χ1n) is 31.6. The van der Waals surface area contributed by atoms with Crippen molar-refractivity contribution in [3.8, 4) is 11.8 Å². The van der Waals surface area contributed by atoms with Crippen molar-refractivity contribution >= 4 is 58.6 Å². The number of alkyl carbamates (subject to hydrolysis) is 2. The van der Waals surface area contributed by atoms with Crippen molar-refractivity contribution in [1.82, 2.24) is 40.4 Å². The summed E-state index contributed by atoms with van der Waals surface area (Å²) in [6, 6.07) is 9.53. The maximum absolute atomic E-state index is 16.0. The zero-order valence-corrected chi connectivity index (χ0v) is 55.6. The molecule has 488 valence electrons. The average Bonchev–Trinajstić information content (AvgIpc) is 1.54. The first kappa shape index (κ1) is 70.3. The van der Waals surface area contributed by atoms with E-state index in [4.69, 9.17) is 18.9 Å². The SMILES string of the molecule is CC[C@@H]1[C@@H]2CN(C(=O)[C@H](C(C)(C)C)NC(=O)O[C@@H]3CC4CC4[C@H]3CCCCC(F)(F)c3nc4ccccc4nc3O2)[C@@H]1[C-]=O.CC[C@@H]1[C@@H]2CN(C(=O)[C@H](C(C)(C)C)NC(=O)O[C@]3(C)CCC[C@H]3CCCCC(F)(F)c3nc4ccccc4nc3O2)[C@@H]1[C-]=O.[V].[V]. The van der Waals surface area contributed by atoms with Crippen molar-refractivity contribution in [2.75, 3.05) is 13.1 Å². The van der Waals surface area contributed by atoms with E-state index in [1.807, 2.05) is 74.9 Å². The molecule has 5 fully saturated rings. The zero-order valence-electron chi connectivity index (χ0n) is 52.8. The van der Waals surface area contributed by atoms with Gasteiger partial charge in [-0.15, -0.1) is 0 Å². The second kappa shape index (κ2) is 27.9. The molecule has 2 saturated heterocycles. The summed E-state index contributed by atoms with van der Waals surface area (Å²) < 4.78 is 88.3. The van der Waals surface area contributed by atoms with Crippen LogP contribution in [0.15, 0.2) is 48.5 Å². The normalized spacial score (nSPS) is 32.1. The van der Waals surface area contributed by atoms with E-state index in [-0.39, 0.29) is 92.7 Å². The van der Waals surface area contributed by atoms with Crippen LogP contribution in [0.4, 0.5) is 27.2 Å². The van der Waals surface area contributed by atoms with E-state index >= 15 is 17.6 Å². The van der Waals surface area contributed by atoms with Crippen molar-refractivity contribution in [2.24, 2.45) is 46.3 Å². The molecule has 2 N–H and O–H groups in total. The molecule has 4 amide bonds. The Bertz CT molecular complexity index is 3160. The monoisotopic (exact) mass is 1330 g/mol. The Morgan fingerprint density at radius 3 is 1.44 bits per heavy atom. The van der Waals surface area contributed by atoms with Gasteiger partial charge in [-0.05, 0) is 135 Å². The summed E-state index contributed by atoms with van der Waals surface area (Å²) in [6.07, 6.45) is 7.57. The fourth-order valence-corrected chi connectivity index (χ4v) is 14.8. The molecule has 0 spiro atoms. The molecule has 3 aliphatic carbocycles. The summed E-state index contributed by atoms with van der Waals surface area (Å²) in [7, 11) is 0. The number of fused-ring (bicyclic) bond motifs is 12. The van der Waals surface area contributed by atoms with Crippen LogP contribution in [0, 0.1) is 46.3 Å². The third kappa shape index (κ3) is 14.8. The Morgan fingerprint density at radius 1 is 0.567 bits per heavy atom. The summed E-state index contributed by atoms with van der Waals surface area (Å²) in [4.78, 5) is 99.8. The number of rotatable bonds is 4. The number of halogens is 4. The number of amides is 4. The van der Waals surface area contributed by atoms with Gasteiger partial charge < -0.3 is 49.0 Å². The Labute approximate surface area is 548 Å². The van der Waals surface area contributed by atoms with Gasteiger partial charge in [0.25, 0.3) is 11.8 Å². The van der Waals surface area contributed by atoms with Gasteiger partial charge in [0.2, 0.25) is 23.6 Å². The van der Waals surface area contributed by atoms with Gasteiger partial charge in [-0.2, -0.15) is 17.6 Å². The molecule has 2 aromatic heterocycles. The number of aromatic nitrogens is 4. The molecule has 4 aliphatic heterocycles. The van der Waals surface area contributed by atoms with E-state index in [1.54, 1.807) is 48.5 Å². The molecule has 2 unspecified atom stereocenters. The standard InChI is InChI=1S/C33H41F2N4O5.C33H43F2N4O5.2V/c1-5-19-24(17-40)39-16-26(19)43-29-27(36-22-11-6-7-12-23(22)37-29)33(34,35)13-9-8-10-20-21-14-18(21)15-25(20)44-31(42)38-28(30(39)41)32(2,3)4;1-6-21-24(19-40)39-18-25(21)43-28-26(36-22-14-7-8-15-23(22)37-28)33(34,35)17-10-9-12-20-13-11-16-32(20,5)44-30(42)38-27(29(39)41)31(2,3)4;;/h6-7,11-12,18-21,24-26,28H,5,8-10,13-16H2,1-4H3,(H,38,42);7-8,14-15,20-21,24-25,27H,6,9-13,16-18H2,1-5H3,(H,38,42);;/q2*-1;;/t18?,19-,20+,21?,24+,25+,26-,28+;20-,21+,24-,25+,27-,32-;;/m01../s1. The minimum absolute atomic E-state index is 0. The molecule has 4 bridgehead atoms. The topological polar surface area (TPSA) is 221 Å². The van der Waals surface area contributed by atoms with Crippen LogP contribution >= 0.6 is 0 Å². The number of ether oxygens (including phenoxy) is 4. The summed E-state index contributed by atoms with van der Waals surface area (Å²) in [5.74, 6) is -8.28. The van der Waals surface area contributed by atoms with E-state index in [9.17, 15) is 28.8 Å². The number of hydrogen-bond donors (Lipinski definition) is 2. The third-order valence-corrected chi connectivity index (χ3v) is 19.8. The smallest absolute Gasteiger partial charge is 0.408 e. The maximum atomic E-state index is 16.0. The minimum atomic E-state index is -3.34. The molecule has 2 radical (unpaired) electrons. The van der Waals surface area contributed by atoms with Crippen LogP contribution in [0.25, 0.3) is 22.1 Å². The maximum Gasteiger partial charge on any atom is 0.408 e. The van der Waals surface area contributed by atoms with Gasteiger partial charge in [0.1, 0.15) is 36.0 Å². The van der Waals surface area contributed by atoms with Crippen molar-refractivity contribution in [1.29, 1.82) is 0 Å². The number of alkyl halides is 4. The molecule has 90 heavy (non-hydrogen) atoms. The number of carbonyl (C=O) groups is 4. The van der Waals surface area contributed by atoms with Gasteiger partial charge in [-0.3, -0.25) is 9.59 Å². The molecule has 4 aromatic rings. The van der Waals surface area contributed by atoms with Crippen LogP contribution in [0.2, 0.25) is 0 Å². The Kier molecular flexibility index (Phi) is 21.8. The zero-order chi connectivity index (χ0) is 63.3. The molecular weight excluding hydrogens is 1240 g/mol. The molecule has 6 heterocycles. The molecular formula is C66H84F4N8O10V2-2. The van der Waals surface area contributed by atoms with Crippen LogP contribution < -0.4 is 20.1 Å².